The van der Waals surface area contributed by atoms with Crippen LogP contribution < -0.4 is 10.1 Å². The lowest BCUT2D eigenvalue weighted by Crippen LogP contribution is -2.57. The summed E-state index contributed by atoms with van der Waals surface area (Å²) >= 11 is 0. The highest BCUT2D eigenvalue weighted by Crippen LogP contribution is 2.28. The highest BCUT2D eigenvalue weighted by atomic mass is 16.5. The molecule has 0 unspecified atom stereocenters. The van der Waals surface area contributed by atoms with Crippen LogP contribution in [0.25, 0.3) is 10.9 Å². The molecule has 3 aliphatic heterocycles. The van der Waals surface area contributed by atoms with Gasteiger partial charge in [0.25, 0.3) is 5.91 Å². The summed E-state index contributed by atoms with van der Waals surface area (Å²) in [5, 5.41) is 11.2. The van der Waals surface area contributed by atoms with Crippen LogP contribution in [0, 0.1) is 5.92 Å². The van der Waals surface area contributed by atoms with Crippen LogP contribution in [0.2, 0.25) is 0 Å². The quantitative estimate of drug-likeness (QED) is 0.816. The number of piperidine rings is 3. The minimum atomic E-state index is -0.0968. The molecule has 5 rings (SSSR count). The number of hydrogen-bond donors (Lipinski definition) is 2. The number of nitrogens with one attached hydrogen (secondary N) is 2. The molecule has 0 radical (unpaired) electrons. The number of aromatic nitrogens is 2. The molecule has 0 aliphatic carbocycles. The molecule has 7 heteroatoms. The molecular weight excluding hydrogens is 330 g/mol. The Hall–Kier alpha value is -2.12. The van der Waals surface area contributed by atoms with E-state index in [-0.39, 0.29) is 11.9 Å². The molecular formula is C19H27N5O2. The molecule has 1 aromatic heterocycles. The van der Waals surface area contributed by atoms with Crippen LogP contribution in [0.1, 0.15) is 23.3 Å². The number of nitrogens with zero attached hydrogens (tertiary/aromatic N) is 3. The molecule has 0 spiro atoms. The number of fused-ring (bicyclic) bond motifs is 4. The minimum Gasteiger partial charge on any atom is -0.492 e. The Morgan fingerprint density at radius 3 is 2.88 bits per heavy atom. The van der Waals surface area contributed by atoms with E-state index in [1.165, 1.54) is 12.8 Å². The number of ether oxygens (including phenoxy) is 1. The summed E-state index contributed by atoms with van der Waals surface area (Å²) in [5.74, 6) is 1.26. The van der Waals surface area contributed by atoms with Gasteiger partial charge in [-0.1, -0.05) is 0 Å². The normalized spacial score (nSPS) is 25.0. The van der Waals surface area contributed by atoms with Crippen molar-refractivity contribution in [2.24, 2.45) is 5.92 Å². The summed E-state index contributed by atoms with van der Waals surface area (Å²) < 4.78 is 5.80. The monoisotopic (exact) mass is 357 g/mol. The molecule has 140 valence electrons. The molecule has 4 heterocycles. The Labute approximate surface area is 153 Å². The number of likely N-dealkylation sites (N-methyl/N-ethyl adjacent to an activating group) is 1. The van der Waals surface area contributed by atoms with Gasteiger partial charge in [0, 0.05) is 24.5 Å². The summed E-state index contributed by atoms with van der Waals surface area (Å²) in [6.45, 7) is 4.73. The van der Waals surface area contributed by atoms with Crippen molar-refractivity contribution in [3.05, 3.63) is 23.9 Å². The number of aromatic amines is 1. The average molecular weight is 357 g/mol. The Balaban J connectivity index is 1.47. The molecule has 2 aromatic rings. The van der Waals surface area contributed by atoms with Gasteiger partial charge in [-0.05, 0) is 64.1 Å². The maximum Gasteiger partial charge on any atom is 0.272 e. The van der Waals surface area contributed by atoms with Gasteiger partial charge in [0.05, 0.1) is 5.52 Å². The van der Waals surface area contributed by atoms with Crippen LogP contribution >= 0.6 is 0 Å². The van der Waals surface area contributed by atoms with Crippen molar-refractivity contribution < 1.29 is 9.53 Å². The molecule has 2 N–H and O–H groups in total. The number of amides is 1. The Morgan fingerprint density at radius 2 is 2.19 bits per heavy atom. The second-order valence-electron chi connectivity index (χ2n) is 7.65. The fourth-order valence-corrected chi connectivity index (χ4v) is 3.97. The van der Waals surface area contributed by atoms with E-state index in [2.05, 4.69) is 25.3 Å². The Morgan fingerprint density at radius 1 is 1.38 bits per heavy atom. The summed E-state index contributed by atoms with van der Waals surface area (Å²) in [6.07, 6.45) is 2.35. The van der Waals surface area contributed by atoms with Crippen molar-refractivity contribution in [3.8, 4) is 5.75 Å². The van der Waals surface area contributed by atoms with Crippen LogP contribution in [0.4, 0.5) is 0 Å². The molecule has 3 saturated heterocycles. The van der Waals surface area contributed by atoms with Gasteiger partial charge in [-0.25, -0.2) is 0 Å². The third-order valence-corrected chi connectivity index (χ3v) is 5.53. The van der Waals surface area contributed by atoms with E-state index in [1.54, 1.807) is 0 Å². The Bertz CT molecular complexity index is 779. The highest BCUT2D eigenvalue weighted by Gasteiger charge is 2.35. The van der Waals surface area contributed by atoms with Gasteiger partial charge in [0.15, 0.2) is 5.69 Å². The molecule has 1 atom stereocenters. The minimum absolute atomic E-state index is 0.0968. The SMILES string of the molecule is CN(C)CCOc1ccc2[nH]nc(C(=O)N[C@@H]3CN4CCC3CC4)c2c1. The molecule has 3 fully saturated rings. The van der Waals surface area contributed by atoms with Gasteiger partial charge in [-0.2, -0.15) is 5.10 Å². The second-order valence-corrected chi connectivity index (χ2v) is 7.65. The van der Waals surface area contributed by atoms with Crippen molar-refractivity contribution in [2.45, 2.75) is 18.9 Å². The number of carbonyl (C=O) groups is 1. The van der Waals surface area contributed by atoms with E-state index in [0.717, 1.165) is 42.8 Å². The van der Waals surface area contributed by atoms with Crippen LogP contribution in [0.3, 0.4) is 0 Å². The largest absolute Gasteiger partial charge is 0.492 e. The van der Waals surface area contributed by atoms with Crippen molar-refractivity contribution in [1.82, 2.24) is 25.3 Å². The maximum absolute atomic E-state index is 12.8. The zero-order valence-corrected chi connectivity index (χ0v) is 15.5. The molecule has 2 bridgehead atoms. The van der Waals surface area contributed by atoms with E-state index in [4.69, 9.17) is 4.74 Å². The molecule has 0 saturated carbocycles. The molecule has 3 aliphatic rings. The van der Waals surface area contributed by atoms with E-state index in [1.807, 2.05) is 32.3 Å². The van der Waals surface area contributed by atoms with Gasteiger partial charge < -0.3 is 19.9 Å². The van der Waals surface area contributed by atoms with Gasteiger partial charge in [-0.3, -0.25) is 9.89 Å². The molecule has 1 aromatic carbocycles. The number of carbonyl (C=O) groups excluding carboxylic acids is 1. The number of rotatable bonds is 6. The van der Waals surface area contributed by atoms with E-state index >= 15 is 0 Å². The van der Waals surface area contributed by atoms with Gasteiger partial charge in [-0.15, -0.1) is 0 Å². The zero-order valence-electron chi connectivity index (χ0n) is 15.5. The van der Waals surface area contributed by atoms with Gasteiger partial charge >= 0.3 is 0 Å². The van der Waals surface area contributed by atoms with Crippen molar-refractivity contribution in [1.29, 1.82) is 0 Å². The highest BCUT2D eigenvalue weighted by molar-refractivity contribution is 6.05. The predicted molar refractivity (Wildman–Crippen MR) is 101 cm³/mol. The lowest BCUT2D eigenvalue weighted by molar-refractivity contribution is 0.0618. The number of hydrogen-bond acceptors (Lipinski definition) is 5. The molecule has 1 amide bonds. The average Bonchev–Trinajstić information content (AvgIpc) is 3.06. The van der Waals surface area contributed by atoms with Crippen LogP contribution in [-0.4, -0.2) is 78.8 Å². The zero-order chi connectivity index (χ0) is 18.1. The first-order valence-corrected chi connectivity index (χ1v) is 9.39. The molecule has 26 heavy (non-hydrogen) atoms. The topological polar surface area (TPSA) is 73.5 Å². The van der Waals surface area contributed by atoms with Crippen molar-refractivity contribution in [2.75, 3.05) is 46.9 Å². The lowest BCUT2D eigenvalue weighted by atomic mass is 9.84. The van der Waals surface area contributed by atoms with Crippen molar-refractivity contribution in [3.63, 3.8) is 0 Å². The summed E-state index contributed by atoms with van der Waals surface area (Å²) in [4.78, 5) is 17.3. The first-order valence-electron chi connectivity index (χ1n) is 9.39. The summed E-state index contributed by atoms with van der Waals surface area (Å²) in [5.41, 5.74) is 1.30. The van der Waals surface area contributed by atoms with Crippen molar-refractivity contribution >= 4 is 16.8 Å². The van der Waals surface area contributed by atoms with E-state index < -0.39 is 0 Å². The lowest BCUT2D eigenvalue weighted by Gasteiger charge is -2.44. The third kappa shape index (κ3) is 3.54. The summed E-state index contributed by atoms with van der Waals surface area (Å²) in [7, 11) is 4.03. The second kappa shape index (κ2) is 7.25. The smallest absolute Gasteiger partial charge is 0.272 e. The fraction of sp³-hybridized carbons (Fsp3) is 0.579. The molecule has 7 nitrogen and oxygen atoms in total. The standard InChI is InChI=1S/C19H27N5O2/c1-23(2)9-10-26-14-3-4-16-15(11-14)18(22-21-16)19(25)20-17-12-24-7-5-13(17)6-8-24/h3-4,11,13,17H,5-10,12H2,1-2H3,(H,20,25)(H,21,22)/t17-/m1/s1. The third-order valence-electron chi connectivity index (χ3n) is 5.53. The fourth-order valence-electron chi connectivity index (χ4n) is 3.97. The first-order chi connectivity index (χ1) is 12.6. The van der Waals surface area contributed by atoms with Gasteiger partial charge in [0.1, 0.15) is 12.4 Å². The van der Waals surface area contributed by atoms with Crippen LogP contribution in [-0.2, 0) is 0 Å². The Kier molecular flexibility index (Phi) is 4.82. The van der Waals surface area contributed by atoms with Gasteiger partial charge in [0.2, 0.25) is 0 Å². The van der Waals surface area contributed by atoms with Crippen LogP contribution in [0.15, 0.2) is 18.2 Å². The van der Waals surface area contributed by atoms with Crippen LogP contribution in [0.5, 0.6) is 5.75 Å². The van der Waals surface area contributed by atoms with E-state index in [9.17, 15) is 4.79 Å². The number of H-pyrrole nitrogens is 1. The number of benzene rings is 1. The summed E-state index contributed by atoms with van der Waals surface area (Å²) in [6, 6.07) is 5.96. The predicted octanol–water partition coefficient (Wildman–Crippen LogP) is 1.33. The first kappa shape index (κ1) is 17.3. The van der Waals surface area contributed by atoms with E-state index in [0.29, 0.717) is 18.2 Å². The maximum atomic E-state index is 12.8.